The van der Waals surface area contributed by atoms with E-state index in [0.717, 1.165) is 15.9 Å². The number of hydrogen-bond acceptors (Lipinski definition) is 4. The molecule has 3 aromatic rings. The van der Waals surface area contributed by atoms with E-state index in [9.17, 15) is 4.79 Å². The molecule has 0 aromatic heterocycles. The van der Waals surface area contributed by atoms with Gasteiger partial charge in [-0.05, 0) is 13.8 Å². The van der Waals surface area contributed by atoms with E-state index in [1.54, 1.807) is 0 Å². The molecule has 0 fully saturated rings. The van der Waals surface area contributed by atoms with Crippen molar-refractivity contribution >= 4 is 28.9 Å². The number of rotatable bonds is 6. The predicted molar refractivity (Wildman–Crippen MR) is 126 cm³/mol. The predicted octanol–water partition coefficient (Wildman–Crippen LogP) is 4.75. The monoisotopic (exact) mass is 431 g/mol. The average Bonchev–Trinajstić information content (AvgIpc) is 3.19. The first-order valence-electron chi connectivity index (χ1n) is 10.5. The summed E-state index contributed by atoms with van der Waals surface area (Å²) >= 11 is 0. The third kappa shape index (κ3) is 4.22. The van der Waals surface area contributed by atoms with Crippen LogP contribution in [0.2, 0.25) is 0 Å². The van der Waals surface area contributed by atoms with E-state index in [1.165, 1.54) is 0 Å². The standard InChI is InChI=1S/C26H26NO3P/c1-3-29-26(28)24-19-20(2)30-25(24)27-31(21-13-7-4-8-14-21,22-15-9-5-10-16-22)23-17-11-6-12-18-23/h4-18,20H,3,19H2,1-2H3. The Labute approximate surface area is 183 Å². The lowest BCUT2D eigenvalue weighted by atomic mass is 10.1. The SMILES string of the molecule is CCOC(=O)C1=C(N=P(c2ccccc2)(c2ccccc2)c2ccccc2)OC(C)C1. The molecular weight excluding hydrogens is 405 g/mol. The summed E-state index contributed by atoms with van der Waals surface area (Å²) in [5.41, 5.74) is 0.515. The smallest absolute Gasteiger partial charge is 0.339 e. The van der Waals surface area contributed by atoms with Crippen LogP contribution in [0.25, 0.3) is 0 Å². The van der Waals surface area contributed by atoms with Gasteiger partial charge >= 0.3 is 5.97 Å². The van der Waals surface area contributed by atoms with Crippen molar-refractivity contribution in [3.8, 4) is 0 Å². The summed E-state index contributed by atoms with van der Waals surface area (Å²) in [5, 5.41) is 3.31. The van der Waals surface area contributed by atoms with Crippen molar-refractivity contribution in [3.05, 3.63) is 102 Å². The first-order valence-corrected chi connectivity index (χ1v) is 12.3. The maximum Gasteiger partial charge on any atom is 0.339 e. The summed E-state index contributed by atoms with van der Waals surface area (Å²) in [6.45, 7) is 4.08. The van der Waals surface area contributed by atoms with Gasteiger partial charge in [-0.1, -0.05) is 91.0 Å². The molecule has 1 aliphatic rings. The zero-order chi connectivity index (χ0) is 21.7. The minimum atomic E-state index is -2.49. The van der Waals surface area contributed by atoms with Gasteiger partial charge in [-0.25, -0.2) is 9.54 Å². The molecule has 5 heteroatoms. The number of carbonyl (C=O) groups excluding carboxylic acids is 1. The van der Waals surface area contributed by atoms with Crippen molar-refractivity contribution in [2.75, 3.05) is 6.61 Å². The molecular formula is C26H26NO3P. The second-order valence-electron chi connectivity index (χ2n) is 7.38. The Bertz CT molecular complexity index is 1020. The number of nitrogens with zero attached hydrogens (tertiary/aromatic N) is 1. The molecule has 3 aromatic carbocycles. The van der Waals surface area contributed by atoms with Crippen molar-refractivity contribution in [1.82, 2.24) is 0 Å². The van der Waals surface area contributed by atoms with Crippen LogP contribution in [0.1, 0.15) is 20.3 Å². The van der Waals surface area contributed by atoms with Gasteiger partial charge in [-0.15, -0.1) is 0 Å². The Morgan fingerprint density at radius 1 is 0.903 bits per heavy atom. The quantitative estimate of drug-likeness (QED) is 0.418. The first-order chi connectivity index (χ1) is 15.1. The van der Waals surface area contributed by atoms with Gasteiger partial charge in [0.25, 0.3) is 0 Å². The molecule has 0 N–H and O–H groups in total. The molecule has 0 spiro atoms. The summed E-state index contributed by atoms with van der Waals surface area (Å²) in [6.07, 6.45) is 0.373. The van der Waals surface area contributed by atoms with Crippen molar-refractivity contribution in [2.45, 2.75) is 26.4 Å². The van der Waals surface area contributed by atoms with Gasteiger partial charge in [0.2, 0.25) is 5.88 Å². The van der Waals surface area contributed by atoms with Gasteiger partial charge in [-0.2, -0.15) is 0 Å². The molecule has 0 saturated carbocycles. The molecule has 0 radical (unpaired) electrons. The highest BCUT2D eigenvalue weighted by Gasteiger charge is 2.33. The average molecular weight is 431 g/mol. The lowest BCUT2D eigenvalue weighted by Gasteiger charge is -2.27. The fourth-order valence-electron chi connectivity index (χ4n) is 3.84. The van der Waals surface area contributed by atoms with Crippen LogP contribution in [0, 0.1) is 0 Å². The van der Waals surface area contributed by atoms with E-state index >= 15 is 0 Å². The highest BCUT2D eigenvalue weighted by molar-refractivity contribution is 7.87. The molecule has 1 aliphatic heterocycles. The molecule has 4 nitrogen and oxygen atoms in total. The summed E-state index contributed by atoms with van der Waals surface area (Å²) in [5.74, 6) is 0.0497. The second kappa shape index (κ2) is 9.36. The molecule has 0 saturated heterocycles. The summed E-state index contributed by atoms with van der Waals surface area (Å²) in [4.78, 5) is 12.7. The van der Waals surface area contributed by atoms with Gasteiger partial charge in [0.05, 0.1) is 13.7 Å². The molecule has 31 heavy (non-hydrogen) atoms. The van der Waals surface area contributed by atoms with Gasteiger partial charge in [0.15, 0.2) is 0 Å². The maximum absolute atomic E-state index is 12.7. The maximum atomic E-state index is 12.7. The molecule has 158 valence electrons. The van der Waals surface area contributed by atoms with Crippen molar-refractivity contribution in [2.24, 2.45) is 4.74 Å². The largest absolute Gasteiger partial charge is 0.474 e. The number of hydrogen-bond donors (Lipinski definition) is 0. The first kappa shape index (κ1) is 21.1. The Morgan fingerprint density at radius 3 is 1.77 bits per heavy atom. The lowest BCUT2D eigenvalue weighted by Crippen LogP contribution is -2.25. The second-order valence-corrected chi connectivity index (χ2v) is 10.4. The summed E-state index contributed by atoms with van der Waals surface area (Å²) < 4.78 is 16.7. The third-order valence-electron chi connectivity index (χ3n) is 5.21. The van der Waals surface area contributed by atoms with E-state index in [1.807, 2.05) is 68.4 Å². The van der Waals surface area contributed by atoms with Crippen molar-refractivity contribution in [3.63, 3.8) is 0 Å². The van der Waals surface area contributed by atoms with Gasteiger partial charge in [0.1, 0.15) is 11.7 Å². The zero-order valence-electron chi connectivity index (χ0n) is 17.8. The summed E-state index contributed by atoms with van der Waals surface area (Å²) in [7, 11) is -2.49. The van der Waals surface area contributed by atoms with E-state index in [4.69, 9.17) is 14.2 Å². The minimum Gasteiger partial charge on any atom is -0.474 e. The molecule has 4 rings (SSSR count). The molecule has 0 amide bonds. The Kier molecular flexibility index (Phi) is 6.39. The van der Waals surface area contributed by atoms with E-state index < -0.39 is 7.05 Å². The highest BCUT2D eigenvalue weighted by atomic mass is 31.2. The highest BCUT2D eigenvalue weighted by Crippen LogP contribution is 2.49. The molecule has 1 unspecified atom stereocenters. The fourth-order valence-corrected chi connectivity index (χ4v) is 7.33. The van der Waals surface area contributed by atoms with E-state index in [-0.39, 0.29) is 12.1 Å². The Hall–Kier alpha value is -3.10. The van der Waals surface area contributed by atoms with Crippen LogP contribution in [0.4, 0.5) is 0 Å². The van der Waals surface area contributed by atoms with E-state index in [0.29, 0.717) is 24.5 Å². The molecule has 0 aliphatic carbocycles. The van der Waals surface area contributed by atoms with Crippen LogP contribution >= 0.6 is 7.05 Å². The van der Waals surface area contributed by atoms with Crippen molar-refractivity contribution in [1.29, 1.82) is 0 Å². The molecule has 0 bridgehead atoms. The van der Waals surface area contributed by atoms with Gasteiger partial charge < -0.3 is 9.47 Å². The number of esters is 1. The van der Waals surface area contributed by atoms with Crippen LogP contribution in [0.15, 0.2) is 107 Å². The van der Waals surface area contributed by atoms with Crippen LogP contribution in [-0.2, 0) is 14.3 Å². The van der Waals surface area contributed by atoms with Crippen LogP contribution in [0.3, 0.4) is 0 Å². The van der Waals surface area contributed by atoms with Crippen molar-refractivity contribution < 1.29 is 14.3 Å². The number of benzene rings is 3. The lowest BCUT2D eigenvalue weighted by molar-refractivity contribution is -0.138. The van der Waals surface area contributed by atoms with E-state index in [2.05, 4.69) is 36.4 Å². The Balaban J connectivity index is 2.08. The fraction of sp³-hybridized carbons (Fsp3) is 0.192. The number of ether oxygens (including phenoxy) is 2. The minimum absolute atomic E-state index is 0.123. The van der Waals surface area contributed by atoms with Crippen LogP contribution in [-0.4, -0.2) is 18.7 Å². The van der Waals surface area contributed by atoms with Crippen LogP contribution < -0.4 is 15.9 Å². The van der Waals surface area contributed by atoms with Gasteiger partial charge in [-0.3, -0.25) is 0 Å². The van der Waals surface area contributed by atoms with Gasteiger partial charge in [0, 0.05) is 22.3 Å². The zero-order valence-corrected chi connectivity index (χ0v) is 18.7. The third-order valence-corrected chi connectivity index (χ3v) is 8.83. The molecule has 1 heterocycles. The summed E-state index contributed by atoms with van der Waals surface area (Å²) in [6, 6.07) is 30.9. The number of carbonyl (C=O) groups is 1. The normalized spacial score (nSPS) is 16.0. The Morgan fingerprint density at radius 2 is 1.35 bits per heavy atom. The van der Waals surface area contributed by atoms with Crippen LogP contribution in [0.5, 0.6) is 0 Å². The molecule has 1 atom stereocenters. The topological polar surface area (TPSA) is 47.9 Å².